The Labute approximate surface area is 153 Å². The van der Waals surface area contributed by atoms with E-state index < -0.39 is 9.52 Å². The van der Waals surface area contributed by atoms with Gasteiger partial charge in [0.2, 0.25) is 0 Å². The second kappa shape index (κ2) is 7.98. The minimum Gasteiger partial charge on any atom is -0.263 e. The minimum absolute atomic E-state index is 0.167. The topological polar surface area (TPSA) is 58.7 Å². The van der Waals surface area contributed by atoms with Gasteiger partial charge in [-0.05, 0) is 40.5 Å². The number of benzene rings is 1. The lowest BCUT2D eigenvalue weighted by Crippen LogP contribution is -2.00. The zero-order chi connectivity index (χ0) is 19.3. The third kappa shape index (κ3) is 4.58. The van der Waals surface area contributed by atoms with E-state index in [0.29, 0.717) is 16.3 Å². The fourth-order valence-corrected chi connectivity index (χ4v) is 2.98. The minimum atomic E-state index is -2.29. The van der Waals surface area contributed by atoms with E-state index in [1.165, 1.54) is 10.8 Å². The van der Waals surface area contributed by atoms with Crippen LogP contribution in [0.1, 0.15) is 19.0 Å². The normalized spacial score (nSPS) is 14.2. The van der Waals surface area contributed by atoms with Gasteiger partial charge in [0, 0.05) is 29.2 Å². The standard InChI is InChI=1S/C20H20FN3OS/c1-5-17(21)8-6-7-15(2)24-20(13-18(14-22)23-24)16-9-11-19(12-10-16)26(3,4)25/h5-7,9-13H,2-3,8H2,1,4H3/b7-6-,17-5+. The number of halogens is 1. The van der Waals surface area contributed by atoms with E-state index in [1.54, 1.807) is 55.7 Å². The first-order chi connectivity index (χ1) is 12.3. The lowest BCUT2D eigenvalue weighted by molar-refractivity contribution is 0.615. The zero-order valence-electron chi connectivity index (χ0n) is 14.8. The van der Waals surface area contributed by atoms with Gasteiger partial charge in [0.15, 0.2) is 5.69 Å². The van der Waals surface area contributed by atoms with Gasteiger partial charge in [-0.25, -0.2) is 9.07 Å². The molecule has 0 aliphatic rings. The van der Waals surface area contributed by atoms with Crippen molar-refractivity contribution in [2.75, 3.05) is 6.26 Å². The first-order valence-corrected chi connectivity index (χ1v) is 9.99. The van der Waals surface area contributed by atoms with E-state index in [4.69, 9.17) is 5.26 Å². The molecule has 0 N–H and O–H groups in total. The van der Waals surface area contributed by atoms with Crippen molar-refractivity contribution in [3.63, 3.8) is 0 Å². The Morgan fingerprint density at radius 3 is 2.62 bits per heavy atom. The third-order valence-corrected chi connectivity index (χ3v) is 4.95. The first kappa shape index (κ1) is 19.4. The van der Waals surface area contributed by atoms with E-state index in [-0.39, 0.29) is 17.9 Å². The Morgan fingerprint density at radius 2 is 2.08 bits per heavy atom. The second-order valence-electron chi connectivity index (χ2n) is 5.80. The van der Waals surface area contributed by atoms with Crippen LogP contribution < -0.4 is 0 Å². The number of rotatable bonds is 6. The maximum absolute atomic E-state index is 13.2. The predicted octanol–water partition coefficient (Wildman–Crippen LogP) is 4.42. The van der Waals surface area contributed by atoms with Crippen molar-refractivity contribution in [2.24, 2.45) is 0 Å². The van der Waals surface area contributed by atoms with Crippen LogP contribution in [0.4, 0.5) is 4.39 Å². The van der Waals surface area contributed by atoms with Gasteiger partial charge in [0.1, 0.15) is 6.07 Å². The maximum atomic E-state index is 13.2. The lowest BCUT2D eigenvalue weighted by Gasteiger charge is -2.09. The smallest absolute Gasteiger partial charge is 0.163 e. The molecule has 6 heteroatoms. The van der Waals surface area contributed by atoms with E-state index >= 15 is 0 Å². The van der Waals surface area contributed by atoms with Gasteiger partial charge in [-0.1, -0.05) is 30.9 Å². The molecule has 1 heterocycles. The van der Waals surface area contributed by atoms with Gasteiger partial charge in [-0.3, -0.25) is 4.21 Å². The molecule has 1 aromatic heterocycles. The Hall–Kier alpha value is -2.91. The van der Waals surface area contributed by atoms with Crippen LogP contribution in [-0.2, 0) is 9.52 Å². The summed E-state index contributed by atoms with van der Waals surface area (Å²) in [5, 5.41) is 13.4. The molecule has 26 heavy (non-hydrogen) atoms. The Kier molecular flexibility index (Phi) is 5.96. The van der Waals surface area contributed by atoms with Crippen LogP contribution in [0.5, 0.6) is 0 Å². The number of allylic oxidation sites excluding steroid dienone is 5. The van der Waals surface area contributed by atoms with Gasteiger partial charge >= 0.3 is 0 Å². The summed E-state index contributed by atoms with van der Waals surface area (Å²) in [6.07, 6.45) is 6.45. The molecule has 134 valence electrons. The molecule has 0 amide bonds. The van der Waals surface area contributed by atoms with Gasteiger partial charge in [0.05, 0.1) is 17.2 Å². The maximum Gasteiger partial charge on any atom is 0.163 e. The SMILES string of the molecule is C=C(/C=C\C/C(F)=C\C)n1nc(C#N)cc1-c1ccc(S(=C)(C)=O)cc1. The second-order valence-corrected chi connectivity index (χ2v) is 8.28. The summed E-state index contributed by atoms with van der Waals surface area (Å²) in [5.41, 5.74) is 2.21. The van der Waals surface area contributed by atoms with Crippen molar-refractivity contribution >= 4 is 21.1 Å². The summed E-state index contributed by atoms with van der Waals surface area (Å²) in [7, 11) is -2.29. The lowest BCUT2D eigenvalue weighted by atomic mass is 10.1. The van der Waals surface area contributed by atoms with Crippen LogP contribution in [-0.4, -0.2) is 26.1 Å². The summed E-state index contributed by atoms with van der Waals surface area (Å²) >= 11 is 0. The van der Waals surface area contributed by atoms with Crippen LogP contribution in [0.25, 0.3) is 17.0 Å². The molecule has 0 aliphatic carbocycles. The molecule has 0 aliphatic heterocycles. The summed E-state index contributed by atoms with van der Waals surface area (Å²) < 4.78 is 26.8. The number of hydrogen-bond donors (Lipinski definition) is 0. The molecule has 0 saturated heterocycles. The van der Waals surface area contributed by atoms with Crippen molar-refractivity contribution < 1.29 is 8.60 Å². The molecule has 0 bridgehead atoms. The molecular weight excluding hydrogens is 349 g/mol. The van der Waals surface area contributed by atoms with E-state index in [2.05, 4.69) is 17.5 Å². The number of nitriles is 1. The van der Waals surface area contributed by atoms with Crippen LogP contribution >= 0.6 is 0 Å². The van der Waals surface area contributed by atoms with Crippen LogP contribution in [0.15, 0.2) is 65.9 Å². The molecule has 0 saturated carbocycles. The first-order valence-electron chi connectivity index (χ1n) is 7.85. The molecule has 1 atom stereocenters. The molecule has 2 rings (SSSR count). The van der Waals surface area contributed by atoms with Crippen LogP contribution in [0.2, 0.25) is 0 Å². The van der Waals surface area contributed by atoms with Gasteiger partial charge in [-0.15, -0.1) is 0 Å². The van der Waals surface area contributed by atoms with Crippen molar-refractivity contribution in [1.29, 1.82) is 5.26 Å². The van der Waals surface area contributed by atoms with Crippen molar-refractivity contribution in [1.82, 2.24) is 9.78 Å². The van der Waals surface area contributed by atoms with E-state index in [1.807, 2.05) is 6.07 Å². The molecule has 0 radical (unpaired) electrons. The quantitative estimate of drug-likeness (QED) is 0.559. The summed E-state index contributed by atoms with van der Waals surface area (Å²) in [4.78, 5) is 0.647. The number of nitrogens with zero attached hydrogens (tertiary/aromatic N) is 3. The van der Waals surface area contributed by atoms with E-state index in [9.17, 15) is 8.60 Å². The van der Waals surface area contributed by atoms with Crippen LogP contribution in [0, 0.1) is 11.3 Å². The molecule has 0 spiro atoms. The highest BCUT2D eigenvalue weighted by molar-refractivity contribution is 7.99. The summed E-state index contributed by atoms with van der Waals surface area (Å²) in [5.74, 6) is 3.43. The third-order valence-electron chi connectivity index (χ3n) is 3.68. The average Bonchev–Trinajstić information content (AvgIpc) is 3.05. The molecule has 2 aromatic rings. The highest BCUT2D eigenvalue weighted by atomic mass is 32.2. The Balaban J connectivity index is 2.39. The molecule has 1 aromatic carbocycles. The highest BCUT2D eigenvalue weighted by Crippen LogP contribution is 2.25. The Morgan fingerprint density at radius 1 is 1.42 bits per heavy atom. The van der Waals surface area contributed by atoms with E-state index in [0.717, 1.165) is 5.56 Å². The molecule has 0 fully saturated rings. The van der Waals surface area contributed by atoms with Gasteiger partial charge in [0.25, 0.3) is 0 Å². The summed E-state index contributed by atoms with van der Waals surface area (Å²) in [6, 6.07) is 10.7. The van der Waals surface area contributed by atoms with Crippen molar-refractivity contribution in [3.05, 3.63) is 66.7 Å². The van der Waals surface area contributed by atoms with Crippen LogP contribution in [0.3, 0.4) is 0 Å². The average molecular weight is 369 g/mol. The zero-order valence-corrected chi connectivity index (χ0v) is 15.6. The largest absolute Gasteiger partial charge is 0.263 e. The highest BCUT2D eigenvalue weighted by Gasteiger charge is 2.12. The number of hydrogen-bond acceptors (Lipinski definition) is 3. The van der Waals surface area contributed by atoms with Crippen molar-refractivity contribution in [2.45, 2.75) is 18.2 Å². The van der Waals surface area contributed by atoms with Gasteiger partial charge < -0.3 is 0 Å². The molecular formula is C20H20FN3OS. The predicted molar refractivity (Wildman–Crippen MR) is 106 cm³/mol. The summed E-state index contributed by atoms with van der Waals surface area (Å²) in [6.45, 7) is 5.58. The fraction of sp³-hybridized carbons (Fsp3) is 0.150. The number of aromatic nitrogens is 2. The van der Waals surface area contributed by atoms with Crippen molar-refractivity contribution in [3.8, 4) is 17.3 Å². The fourth-order valence-electron chi connectivity index (χ4n) is 2.27. The monoisotopic (exact) mass is 369 g/mol. The molecule has 1 unspecified atom stereocenters. The van der Waals surface area contributed by atoms with Gasteiger partial charge in [-0.2, -0.15) is 10.4 Å². The molecule has 4 nitrogen and oxygen atoms in total. The Bertz CT molecular complexity index is 1020.